The van der Waals surface area contributed by atoms with Crippen molar-refractivity contribution in [2.45, 2.75) is 13.5 Å². The third-order valence-electron chi connectivity index (χ3n) is 3.62. The topological polar surface area (TPSA) is 73.6 Å². The molecule has 0 fully saturated rings. The van der Waals surface area contributed by atoms with Gasteiger partial charge in [0.05, 0.1) is 6.54 Å². The predicted molar refractivity (Wildman–Crippen MR) is 96.8 cm³/mol. The standard InChI is InChI=1S/C20H20N2O4/c1-15-22-19(14-25-15)17-7-9-18(10-8-17)24-12-11-21-20(23)26-13-16-5-3-2-4-6-16/h2-10,14H,11-13H2,1H3,(H,21,23). The minimum absolute atomic E-state index is 0.247. The molecule has 0 aliphatic rings. The molecule has 2 aromatic carbocycles. The number of hydrogen-bond donors (Lipinski definition) is 1. The molecule has 0 spiro atoms. The van der Waals surface area contributed by atoms with Gasteiger partial charge >= 0.3 is 6.09 Å². The molecule has 0 radical (unpaired) electrons. The molecule has 0 unspecified atom stereocenters. The van der Waals surface area contributed by atoms with E-state index < -0.39 is 6.09 Å². The van der Waals surface area contributed by atoms with E-state index in [4.69, 9.17) is 13.9 Å². The average molecular weight is 352 g/mol. The van der Waals surface area contributed by atoms with Gasteiger partial charge in [0.15, 0.2) is 5.89 Å². The zero-order chi connectivity index (χ0) is 18.2. The second kappa shape index (κ2) is 8.71. The van der Waals surface area contributed by atoms with Crippen LogP contribution in [-0.4, -0.2) is 24.2 Å². The number of amides is 1. The van der Waals surface area contributed by atoms with Crippen molar-refractivity contribution < 1.29 is 18.7 Å². The van der Waals surface area contributed by atoms with Crippen molar-refractivity contribution >= 4 is 6.09 Å². The number of ether oxygens (including phenoxy) is 2. The van der Waals surface area contributed by atoms with Crippen LogP contribution in [0.4, 0.5) is 4.79 Å². The number of hydrogen-bond acceptors (Lipinski definition) is 5. The molecule has 1 aromatic heterocycles. The van der Waals surface area contributed by atoms with E-state index in [0.29, 0.717) is 24.8 Å². The Morgan fingerprint density at radius 2 is 1.88 bits per heavy atom. The van der Waals surface area contributed by atoms with Crippen molar-refractivity contribution in [2.75, 3.05) is 13.2 Å². The molecule has 0 saturated heterocycles. The molecule has 1 amide bonds. The van der Waals surface area contributed by atoms with E-state index in [1.807, 2.05) is 54.6 Å². The smallest absolute Gasteiger partial charge is 0.407 e. The minimum Gasteiger partial charge on any atom is -0.492 e. The summed E-state index contributed by atoms with van der Waals surface area (Å²) >= 11 is 0. The molecule has 1 heterocycles. The highest BCUT2D eigenvalue weighted by molar-refractivity contribution is 5.67. The summed E-state index contributed by atoms with van der Waals surface area (Å²) in [6, 6.07) is 17.1. The Bertz CT molecular complexity index is 829. The summed E-state index contributed by atoms with van der Waals surface area (Å²) in [5.41, 5.74) is 2.69. The molecule has 0 bridgehead atoms. The summed E-state index contributed by atoms with van der Waals surface area (Å²) in [6.45, 7) is 2.76. The van der Waals surface area contributed by atoms with Gasteiger partial charge < -0.3 is 19.2 Å². The molecular weight excluding hydrogens is 332 g/mol. The predicted octanol–water partition coefficient (Wildman–Crippen LogP) is 3.96. The maximum Gasteiger partial charge on any atom is 0.407 e. The lowest BCUT2D eigenvalue weighted by atomic mass is 10.2. The zero-order valence-corrected chi connectivity index (χ0v) is 14.5. The molecule has 1 N–H and O–H groups in total. The van der Waals surface area contributed by atoms with Gasteiger partial charge in [-0.2, -0.15) is 0 Å². The van der Waals surface area contributed by atoms with E-state index in [0.717, 1.165) is 16.8 Å². The van der Waals surface area contributed by atoms with E-state index in [2.05, 4.69) is 10.3 Å². The van der Waals surface area contributed by atoms with Gasteiger partial charge in [-0.25, -0.2) is 9.78 Å². The molecule has 0 aliphatic heterocycles. The Balaban J connectivity index is 1.36. The van der Waals surface area contributed by atoms with Crippen LogP contribution in [0.1, 0.15) is 11.5 Å². The van der Waals surface area contributed by atoms with Crippen molar-refractivity contribution in [1.82, 2.24) is 10.3 Å². The second-order valence-corrected chi connectivity index (χ2v) is 5.61. The van der Waals surface area contributed by atoms with E-state index in [1.54, 1.807) is 13.2 Å². The maximum absolute atomic E-state index is 11.6. The summed E-state index contributed by atoms with van der Waals surface area (Å²) in [7, 11) is 0. The number of carbonyl (C=O) groups is 1. The number of benzene rings is 2. The Morgan fingerprint density at radius 3 is 2.58 bits per heavy atom. The van der Waals surface area contributed by atoms with E-state index in [1.165, 1.54) is 0 Å². The third-order valence-corrected chi connectivity index (χ3v) is 3.62. The van der Waals surface area contributed by atoms with Crippen LogP contribution in [0.5, 0.6) is 5.75 Å². The Hall–Kier alpha value is -3.28. The maximum atomic E-state index is 11.6. The monoisotopic (exact) mass is 352 g/mol. The normalized spacial score (nSPS) is 10.3. The van der Waals surface area contributed by atoms with Gasteiger partial charge in [-0.05, 0) is 29.8 Å². The molecule has 134 valence electrons. The van der Waals surface area contributed by atoms with Crippen LogP contribution in [0.2, 0.25) is 0 Å². The second-order valence-electron chi connectivity index (χ2n) is 5.61. The van der Waals surface area contributed by atoms with Crippen LogP contribution < -0.4 is 10.1 Å². The first-order valence-electron chi connectivity index (χ1n) is 8.30. The fourth-order valence-corrected chi connectivity index (χ4v) is 2.31. The quantitative estimate of drug-likeness (QED) is 0.652. The number of aromatic nitrogens is 1. The van der Waals surface area contributed by atoms with Crippen molar-refractivity contribution in [3.05, 3.63) is 72.3 Å². The Morgan fingerprint density at radius 1 is 1.12 bits per heavy atom. The Kier molecular flexibility index (Phi) is 5.88. The molecule has 3 aromatic rings. The van der Waals surface area contributed by atoms with Crippen LogP contribution >= 0.6 is 0 Å². The fraction of sp³-hybridized carbons (Fsp3) is 0.200. The summed E-state index contributed by atoms with van der Waals surface area (Å²) in [4.78, 5) is 15.9. The Labute approximate surface area is 151 Å². The highest BCUT2D eigenvalue weighted by Crippen LogP contribution is 2.21. The van der Waals surface area contributed by atoms with Crippen LogP contribution in [0, 0.1) is 6.92 Å². The van der Waals surface area contributed by atoms with Crippen LogP contribution in [0.15, 0.2) is 65.3 Å². The van der Waals surface area contributed by atoms with E-state index >= 15 is 0 Å². The van der Waals surface area contributed by atoms with Gasteiger partial charge in [-0.3, -0.25) is 0 Å². The number of aryl methyl sites for hydroxylation is 1. The van der Waals surface area contributed by atoms with Crippen LogP contribution in [0.25, 0.3) is 11.3 Å². The van der Waals surface area contributed by atoms with Crippen LogP contribution in [-0.2, 0) is 11.3 Å². The lowest BCUT2D eigenvalue weighted by Gasteiger charge is -2.09. The first kappa shape index (κ1) is 17.5. The first-order valence-corrected chi connectivity index (χ1v) is 8.30. The van der Waals surface area contributed by atoms with Crippen molar-refractivity contribution in [2.24, 2.45) is 0 Å². The van der Waals surface area contributed by atoms with Gasteiger partial charge in [0.1, 0.15) is 30.9 Å². The number of alkyl carbamates (subject to hydrolysis) is 1. The first-order chi connectivity index (χ1) is 12.7. The number of rotatable bonds is 7. The van der Waals surface area contributed by atoms with Crippen molar-refractivity contribution in [3.8, 4) is 17.0 Å². The van der Waals surface area contributed by atoms with Crippen molar-refractivity contribution in [3.63, 3.8) is 0 Å². The van der Waals surface area contributed by atoms with Gasteiger partial charge in [-0.1, -0.05) is 30.3 Å². The molecule has 26 heavy (non-hydrogen) atoms. The minimum atomic E-state index is -0.464. The SMILES string of the molecule is Cc1nc(-c2ccc(OCCNC(=O)OCc3ccccc3)cc2)co1. The number of nitrogens with one attached hydrogen (secondary N) is 1. The average Bonchev–Trinajstić information content (AvgIpc) is 3.11. The molecular formula is C20H20N2O4. The summed E-state index contributed by atoms with van der Waals surface area (Å²) < 4.78 is 15.9. The highest BCUT2D eigenvalue weighted by Gasteiger charge is 2.04. The lowest BCUT2D eigenvalue weighted by Crippen LogP contribution is -2.28. The number of carbonyl (C=O) groups excluding carboxylic acids is 1. The van der Waals surface area contributed by atoms with Gasteiger partial charge in [0, 0.05) is 12.5 Å². The molecule has 0 atom stereocenters. The van der Waals surface area contributed by atoms with Crippen LogP contribution in [0.3, 0.4) is 0 Å². The summed E-state index contributed by atoms with van der Waals surface area (Å²) in [6.07, 6.45) is 1.16. The van der Waals surface area contributed by atoms with Crippen molar-refractivity contribution in [1.29, 1.82) is 0 Å². The highest BCUT2D eigenvalue weighted by atomic mass is 16.5. The number of nitrogens with zero attached hydrogens (tertiary/aromatic N) is 1. The molecule has 6 nitrogen and oxygen atoms in total. The number of oxazole rings is 1. The van der Waals surface area contributed by atoms with E-state index in [-0.39, 0.29) is 6.61 Å². The van der Waals surface area contributed by atoms with Gasteiger partial charge in [0.25, 0.3) is 0 Å². The fourth-order valence-electron chi connectivity index (χ4n) is 2.31. The third kappa shape index (κ3) is 5.11. The van der Waals surface area contributed by atoms with Gasteiger partial charge in [0.2, 0.25) is 0 Å². The van der Waals surface area contributed by atoms with Gasteiger partial charge in [-0.15, -0.1) is 0 Å². The lowest BCUT2D eigenvalue weighted by molar-refractivity contribution is 0.137. The zero-order valence-electron chi connectivity index (χ0n) is 14.5. The molecule has 0 saturated carbocycles. The molecule has 3 rings (SSSR count). The molecule has 0 aliphatic carbocycles. The summed E-state index contributed by atoms with van der Waals surface area (Å²) in [5.74, 6) is 1.35. The molecule has 6 heteroatoms. The van der Waals surface area contributed by atoms with E-state index in [9.17, 15) is 4.79 Å². The summed E-state index contributed by atoms with van der Waals surface area (Å²) in [5, 5.41) is 2.65. The largest absolute Gasteiger partial charge is 0.492 e.